The number of hydrogen-bond donors (Lipinski definition) is 1. The summed E-state index contributed by atoms with van der Waals surface area (Å²) in [6.45, 7) is 8.60. The number of hydrogen-bond acceptors (Lipinski definition) is 2. The van der Waals surface area contributed by atoms with Crippen molar-refractivity contribution in [1.29, 1.82) is 0 Å². The lowest BCUT2D eigenvalue weighted by Crippen LogP contribution is -2.19. The van der Waals surface area contributed by atoms with E-state index in [0.29, 0.717) is 0 Å². The highest BCUT2D eigenvalue weighted by molar-refractivity contribution is 9.10. The lowest BCUT2D eigenvalue weighted by Gasteiger charge is -2.03. The van der Waals surface area contributed by atoms with Gasteiger partial charge < -0.3 is 5.32 Å². The molecule has 1 aromatic rings. The van der Waals surface area contributed by atoms with Gasteiger partial charge in [-0.2, -0.15) is 0 Å². The molecule has 0 radical (unpaired) electrons. The maximum absolute atomic E-state index is 3.52. The monoisotopic (exact) mass is 287 g/mol. The number of thiophene rings is 1. The fourth-order valence-electron chi connectivity index (χ4n) is 1.19. The summed E-state index contributed by atoms with van der Waals surface area (Å²) in [5.74, 6) is 0.719. The van der Waals surface area contributed by atoms with Crippen LogP contribution in [0, 0.1) is 12.8 Å². The van der Waals surface area contributed by atoms with Gasteiger partial charge in [0.05, 0.1) is 0 Å². The zero-order valence-electron chi connectivity index (χ0n) is 9.51. The Labute approximate surface area is 105 Å². The topological polar surface area (TPSA) is 12.0 Å². The zero-order chi connectivity index (χ0) is 11.3. The minimum atomic E-state index is 0.719. The highest BCUT2D eigenvalue weighted by Crippen LogP contribution is 2.26. The van der Waals surface area contributed by atoms with Crippen molar-refractivity contribution in [2.24, 2.45) is 5.92 Å². The Morgan fingerprint density at radius 2 is 2.27 bits per heavy atom. The van der Waals surface area contributed by atoms with Crippen LogP contribution in [0.5, 0.6) is 0 Å². The van der Waals surface area contributed by atoms with Crippen LogP contribution in [-0.2, 0) is 0 Å². The van der Waals surface area contributed by atoms with Crippen LogP contribution in [0.15, 0.2) is 16.6 Å². The molecule has 0 aliphatic rings. The second-order valence-electron chi connectivity index (χ2n) is 4.01. The van der Waals surface area contributed by atoms with Gasteiger partial charge in [0.1, 0.15) is 0 Å². The van der Waals surface area contributed by atoms with Gasteiger partial charge in [-0.05, 0) is 47.5 Å². The molecule has 1 aromatic heterocycles. The molecule has 0 saturated heterocycles. The minimum absolute atomic E-state index is 0.719. The van der Waals surface area contributed by atoms with Crippen LogP contribution >= 0.6 is 27.3 Å². The molecule has 0 fully saturated rings. The van der Waals surface area contributed by atoms with Gasteiger partial charge in [-0.25, -0.2) is 0 Å². The van der Waals surface area contributed by atoms with Crippen molar-refractivity contribution in [2.45, 2.75) is 20.8 Å². The van der Waals surface area contributed by atoms with E-state index in [4.69, 9.17) is 0 Å². The Morgan fingerprint density at radius 1 is 1.53 bits per heavy atom. The van der Waals surface area contributed by atoms with Gasteiger partial charge in [0.25, 0.3) is 0 Å². The van der Waals surface area contributed by atoms with Gasteiger partial charge in [-0.1, -0.05) is 19.9 Å². The molecule has 3 heteroatoms. The third-order valence-corrected chi connectivity index (χ3v) is 4.08. The number of rotatable bonds is 5. The fourth-order valence-corrected chi connectivity index (χ4v) is 2.69. The molecule has 0 saturated carbocycles. The summed E-state index contributed by atoms with van der Waals surface area (Å²) in [6.07, 6.45) is 4.36. The zero-order valence-corrected chi connectivity index (χ0v) is 11.9. The highest BCUT2D eigenvalue weighted by Gasteiger charge is 1.98. The van der Waals surface area contributed by atoms with E-state index in [1.165, 1.54) is 14.2 Å². The predicted molar refractivity (Wildman–Crippen MR) is 73.5 cm³/mol. The second-order valence-corrected chi connectivity index (χ2v) is 6.15. The Bertz CT molecular complexity index is 309. The molecule has 0 spiro atoms. The summed E-state index contributed by atoms with van der Waals surface area (Å²) in [6, 6.07) is 2.17. The number of halogens is 1. The van der Waals surface area contributed by atoms with Crippen LogP contribution in [-0.4, -0.2) is 13.1 Å². The largest absolute Gasteiger partial charge is 0.313 e. The van der Waals surface area contributed by atoms with Crippen molar-refractivity contribution in [3.05, 3.63) is 26.4 Å². The summed E-state index contributed by atoms with van der Waals surface area (Å²) in [5, 5.41) is 3.38. The van der Waals surface area contributed by atoms with Gasteiger partial charge in [0.2, 0.25) is 0 Å². The predicted octanol–water partition coefficient (Wildman–Crippen LogP) is 4.08. The maximum Gasteiger partial charge on any atom is 0.0317 e. The van der Waals surface area contributed by atoms with E-state index >= 15 is 0 Å². The molecule has 0 amide bonds. The third kappa shape index (κ3) is 4.96. The van der Waals surface area contributed by atoms with E-state index in [1.807, 2.05) is 11.3 Å². The van der Waals surface area contributed by atoms with Crippen LogP contribution in [0.2, 0.25) is 0 Å². The summed E-state index contributed by atoms with van der Waals surface area (Å²) >= 11 is 5.34. The first-order chi connectivity index (χ1) is 7.09. The van der Waals surface area contributed by atoms with Crippen LogP contribution in [0.25, 0.3) is 6.08 Å². The normalized spacial score (nSPS) is 11.8. The molecule has 0 aromatic carbocycles. The van der Waals surface area contributed by atoms with Gasteiger partial charge in [-0.15, -0.1) is 11.3 Å². The molecule has 15 heavy (non-hydrogen) atoms. The molecule has 0 aliphatic heterocycles. The van der Waals surface area contributed by atoms with Crippen LogP contribution in [0.1, 0.15) is 23.6 Å². The molecular formula is C12H18BrNS. The van der Waals surface area contributed by atoms with E-state index in [0.717, 1.165) is 19.0 Å². The van der Waals surface area contributed by atoms with E-state index in [1.54, 1.807) is 0 Å². The molecule has 0 bridgehead atoms. The summed E-state index contributed by atoms with van der Waals surface area (Å²) < 4.78 is 1.21. The molecule has 0 aliphatic carbocycles. The summed E-state index contributed by atoms with van der Waals surface area (Å²) in [7, 11) is 0. The SMILES string of the molecule is Cc1sc(/C=C/CNCC(C)C)cc1Br. The van der Waals surface area contributed by atoms with Gasteiger partial charge in [0.15, 0.2) is 0 Å². The van der Waals surface area contributed by atoms with Crippen molar-refractivity contribution in [3.63, 3.8) is 0 Å². The Balaban J connectivity index is 2.32. The first kappa shape index (κ1) is 12.9. The van der Waals surface area contributed by atoms with Crippen LogP contribution in [0.4, 0.5) is 0 Å². The summed E-state index contributed by atoms with van der Waals surface area (Å²) in [5.41, 5.74) is 0. The molecule has 84 valence electrons. The third-order valence-electron chi connectivity index (χ3n) is 1.97. The first-order valence-corrected chi connectivity index (χ1v) is 6.83. The quantitative estimate of drug-likeness (QED) is 0.805. The lowest BCUT2D eigenvalue weighted by atomic mass is 10.2. The van der Waals surface area contributed by atoms with Crippen molar-refractivity contribution in [2.75, 3.05) is 13.1 Å². The number of nitrogens with one attached hydrogen (secondary N) is 1. The van der Waals surface area contributed by atoms with Crippen molar-refractivity contribution >= 4 is 33.3 Å². The maximum atomic E-state index is 3.52. The molecule has 1 nitrogen and oxygen atoms in total. The first-order valence-electron chi connectivity index (χ1n) is 5.22. The van der Waals surface area contributed by atoms with Crippen LogP contribution in [0.3, 0.4) is 0 Å². The molecule has 1 N–H and O–H groups in total. The average Bonchev–Trinajstić information content (AvgIpc) is 2.45. The Kier molecular flexibility index (Phi) is 5.58. The van der Waals surface area contributed by atoms with E-state index in [2.05, 4.69) is 60.2 Å². The minimum Gasteiger partial charge on any atom is -0.313 e. The molecule has 1 rings (SSSR count). The van der Waals surface area contributed by atoms with Gasteiger partial charge in [-0.3, -0.25) is 0 Å². The molecular weight excluding hydrogens is 270 g/mol. The van der Waals surface area contributed by atoms with Crippen molar-refractivity contribution < 1.29 is 0 Å². The smallest absolute Gasteiger partial charge is 0.0317 e. The second kappa shape index (κ2) is 6.46. The summed E-state index contributed by atoms with van der Waals surface area (Å²) in [4.78, 5) is 2.65. The molecule has 0 unspecified atom stereocenters. The standard InChI is InChI=1S/C12H18BrNS/c1-9(2)8-14-6-4-5-11-7-12(13)10(3)15-11/h4-5,7,9,14H,6,8H2,1-3H3/b5-4+. The molecule has 1 heterocycles. The van der Waals surface area contributed by atoms with Gasteiger partial charge in [0, 0.05) is 20.8 Å². The van der Waals surface area contributed by atoms with E-state index in [-0.39, 0.29) is 0 Å². The lowest BCUT2D eigenvalue weighted by molar-refractivity contribution is 0.577. The van der Waals surface area contributed by atoms with Crippen LogP contribution < -0.4 is 5.32 Å². The van der Waals surface area contributed by atoms with Gasteiger partial charge >= 0.3 is 0 Å². The average molecular weight is 288 g/mol. The number of aryl methyl sites for hydroxylation is 1. The van der Waals surface area contributed by atoms with Crippen molar-refractivity contribution in [1.82, 2.24) is 5.32 Å². The molecule has 0 atom stereocenters. The van der Waals surface area contributed by atoms with E-state index in [9.17, 15) is 0 Å². The Hall–Kier alpha value is -0.120. The Morgan fingerprint density at radius 3 is 2.80 bits per heavy atom. The van der Waals surface area contributed by atoms with Crippen molar-refractivity contribution in [3.8, 4) is 0 Å². The fraction of sp³-hybridized carbons (Fsp3) is 0.500. The highest BCUT2D eigenvalue weighted by atomic mass is 79.9. The van der Waals surface area contributed by atoms with E-state index < -0.39 is 0 Å².